The zero-order chi connectivity index (χ0) is 21.9. The molecule has 0 unspecified atom stereocenters. The Morgan fingerprint density at radius 3 is 2.97 bits per heavy atom. The molecule has 0 spiro atoms. The highest BCUT2D eigenvalue weighted by Crippen LogP contribution is 2.35. The van der Waals surface area contributed by atoms with Crippen LogP contribution in [0.5, 0.6) is 0 Å². The molecular weight excluding hydrogens is 539 g/mol. The number of carbonyl (C=O) groups is 1. The summed E-state index contributed by atoms with van der Waals surface area (Å²) in [6.45, 7) is 3.97. The summed E-state index contributed by atoms with van der Waals surface area (Å²) in [5.41, 5.74) is 0.978. The van der Waals surface area contributed by atoms with Crippen LogP contribution in [0.3, 0.4) is 0 Å². The molecule has 0 fully saturated rings. The van der Waals surface area contributed by atoms with Gasteiger partial charge >= 0.3 is 0 Å². The molecule has 0 aromatic carbocycles. The first-order valence-corrected chi connectivity index (χ1v) is 15.3. The van der Waals surface area contributed by atoms with E-state index in [2.05, 4.69) is 29.7 Å². The smallest absolute Gasteiger partial charge is 0.251 e. The molecule has 0 atom stereocenters. The van der Waals surface area contributed by atoms with Crippen LogP contribution in [0.1, 0.15) is 28.3 Å². The molecule has 17 heteroatoms. The van der Waals surface area contributed by atoms with Crippen molar-refractivity contribution >= 4 is 89.7 Å². The second kappa shape index (κ2) is 13.9. The fourth-order valence-electron chi connectivity index (χ4n) is 1.93. The number of hydrogen-bond donors (Lipinski definition) is 4. The van der Waals surface area contributed by atoms with Gasteiger partial charge in [-0.1, -0.05) is 6.92 Å². The van der Waals surface area contributed by atoms with Crippen molar-refractivity contribution in [3.05, 3.63) is 33.6 Å². The molecule has 3 heterocycles. The van der Waals surface area contributed by atoms with Crippen molar-refractivity contribution in [1.82, 2.24) is 25.0 Å². The number of nitrogens with two attached hydrogens (primary N) is 1. The second-order valence-electron chi connectivity index (χ2n) is 5.27. The first kappa shape index (κ1) is 25.2. The van der Waals surface area contributed by atoms with Crippen LogP contribution in [0.4, 0.5) is 5.82 Å². The fourth-order valence-corrected chi connectivity index (χ4v) is 6.70. The van der Waals surface area contributed by atoms with Crippen molar-refractivity contribution in [2.24, 2.45) is 5.14 Å². The van der Waals surface area contributed by atoms with Crippen LogP contribution >= 0.6 is 78.7 Å². The minimum absolute atomic E-state index is 0.192. The van der Waals surface area contributed by atoms with Crippen molar-refractivity contribution in [3.8, 4) is 10.7 Å². The van der Waals surface area contributed by atoms with Crippen LogP contribution in [0.15, 0.2) is 21.4 Å². The highest BCUT2D eigenvalue weighted by atomic mass is 33.2. The predicted octanol–water partition coefficient (Wildman–Crippen LogP) is 4.75. The van der Waals surface area contributed by atoms with Crippen LogP contribution in [-0.2, 0) is 16.7 Å². The lowest BCUT2D eigenvalue weighted by atomic mass is 10.5. The molecule has 0 aliphatic heterocycles. The van der Waals surface area contributed by atoms with Crippen LogP contribution < -0.4 is 19.9 Å². The van der Waals surface area contributed by atoms with E-state index in [1.54, 1.807) is 11.6 Å². The third-order valence-electron chi connectivity index (χ3n) is 3.21. The van der Waals surface area contributed by atoms with E-state index >= 15 is 0 Å². The maximum Gasteiger partial charge on any atom is 0.251 e. The van der Waals surface area contributed by atoms with E-state index in [-0.39, 0.29) is 5.12 Å². The van der Waals surface area contributed by atoms with E-state index in [9.17, 15) is 4.79 Å². The zero-order valence-electron chi connectivity index (χ0n) is 15.9. The summed E-state index contributed by atoms with van der Waals surface area (Å²) in [5, 5.41) is 13.4. The molecule has 0 aliphatic carbocycles. The molecule has 10 nitrogen and oxygen atoms in total. The summed E-state index contributed by atoms with van der Waals surface area (Å²) in [5.74, 6) is 1.32. The summed E-state index contributed by atoms with van der Waals surface area (Å²) in [4.78, 5) is 25.3. The quantitative estimate of drug-likeness (QED) is 0.0940. The maximum absolute atomic E-state index is 12.3. The van der Waals surface area contributed by atoms with E-state index in [0.29, 0.717) is 35.4 Å². The minimum Gasteiger partial charge on any atom is -0.447 e. The Kier molecular flexibility index (Phi) is 11.3. The van der Waals surface area contributed by atoms with Gasteiger partial charge in [-0.3, -0.25) is 9.93 Å². The van der Waals surface area contributed by atoms with Crippen molar-refractivity contribution < 1.29 is 12.8 Å². The van der Waals surface area contributed by atoms with Gasteiger partial charge < -0.3 is 14.5 Å². The van der Waals surface area contributed by atoms with Gasteiger partial charge in [-0.05, 0) is 6.54 Å². The van der Waals surface area contributed by atoms with E-state index in [0.717, 1.165) is 62.4 Å². The molecule has 0 amide bonds. The van der Waals surface area contributed by atoms with Crippen LogP contribution in [-0.4, -0.2) is 26.6 Å². The zero-order valence-corrected chi connectivity index (χ0v) is 21.6. The number of carbonyl (C=O) groups excluding carboxylic acids is 1. The first-order chi connectivity index (χ1) is 15.2. The van der Waals surface area contributed by atoms with Gasteiger partial charge in [0.15, 0.2) is 0 Å². The maximum atomic E-state index is 12.3. The van der Waals surface area contributed by atoms with Crippen molar-refractivity contribution in [1.29, 1.82) is 0 Å². The molecule has 3 rings (SSSR count). The summed E-state index contributed by atoms with van der Waals surface area (Å²) >= 11 is 5.98. The first-order valence-electron chi connectivity index (χ1n) is 8.47. The van der Waals surface area contributed by atoms with Crippen molar-refractivity contribution in [2.45, 2.75) is 20.0 Å². The van der Waals surface area contributed by atoms with E-state index in [1.165, 1.54) is 33.7 Å². The fraction of sp³-hybridized carbons (Fsp3) is 0.286. The number of anilines is 1. The van der Waals surface area contributed by atoms with Gasteiger partial charge in [0, 0.05) is 44.7 Å². The predicted molar refractivity (Wildman–Crippen MR) is 135 cm³/mol. The average molecular weight is 556 g/mol. The molecule has 3 aromatic heterocycles. The molecule has 31 heavy (non-hydrogen) atoms. The molecule has 168 valence electrons. The van der Waals surface area contributed by atoms with Gasteiger partial charge in [-0.25, -0.2) is 23.3 Å². The van der Waals surface area contributed by atoms with Crippen LogP contribution in [0.25, 0.3) is 10.7 Å². The van der Waals surface area contributed by atoms with E-state index in [4.69, 9.17) is 13.2 Å². The Morgan fingerprint density at radius 2 is 2.13 bits per heavy atom. The molecule has 0 aliphatic rings. The van der Waals surface area contributed by atoms with E-state index in [1.807, 2.05) is 12.3 Å². The molecule has 0 radical (unpaired) electrons. The molecule has 0 bridgehead atoms. The Bertz CT molecular complexity index is 950. The minimum atomic E-state index is -0.192. The lowest BCUT2D eigenvalue weighted by Gasteiger charge is -2.00. The molecule has 0 saturated heterocycles. The average Bonchev–Trinajstić information content (AvgIpc) is 3.52. The lowest BCUT2D eigenvalue weighted by molar-refractivity contribution is 0.108. The normalized spacial score (nSPS) is 11.2. The lowest BCUT2D eigenvalue weighted by Crippen LogP contribution is -2.11. The largest absolute Gasteiger partial charge is 0.447 e. The van der Waals surface area contributed by atoms with Gasteiger partial charge in [0.05, 0.1) is 35.2 Å². The molecule has 3 aromatic rings. The van der Waals surface area contributed by atoms with Crippen molar-refractivity contribution in [2.75, 3.05) is 11.3 Å². The summed E-state index contributed by atoms with van der Waals surface area (Å²) in [6, 6.07) is 0. The summed E-state index contributed by atoms with van der Waals surface area (Å²) < 4.78 is 16.7. The Labute approximate surface area is 207 Å². The second-order valence-corrected chi connectivity index (χ2v) is 11.1. The Balaban J connectivity index is 1.31. The number of hydrogen-bond acceptors (Lipinski definition) is 17. The highest BCUT2D eigenvalue weighted by Gasteiger charge is 2.16. The molecule has 0 saturated carbocycles. The number of thiazole rings is 2. The van der Waals surface area contributed by atoms with Gasteiger partial charge in [0.2, 0.25) is 5.89 Å². The summed E-state index contributed by atoms with van der Waals surface area (Å²) in [7, 11) is 2.27. The van der Waals surface area contributed by atoms with Crippen LogP contribution in [0, 0.1) is 0 Å². The third-order valence-corrected chi connectivity index (χ3v) is 8.67. The molecule has 5 N–H and O–H groups in total. The third kappa shape index (κ3) is 8.43. The Morgan fingerprint density at radius 1 is 1.23 bits per heavy atom. The topological polar surface area (TPSA) is 140 Å². The van der Waals surface area contributed by atoms with Crippen LogP contribution in [0.2, 0.25) is 0 Å². The van der Waals surface area contributed by atoms with Gasteiger partial charge in [-0.2, -0.15) is 0 Å². The number of rotatable bonds is 14. The number of nitrogens with zero attached hydrogens (tertiary/aromatic N) is 3. The number of aromatic nitrogens is 3. The Hall–Kier alpha value is -0.470. The number of nitrogens with one attached hydrogen (secondary N) is 3. The summed E-state index contributed by atoms with van der Waals surface area (Å²) in [6.07, 6.45) is 1.55. The SMILES string of the molecule is CCNCc1nc(-c2nc(C(=O)SSOSSNCc3nc(NSN)cs3)cs2)co1. The van der Waals surface area contributed by atoms with Crippen molar-refractivity contribution in [3.63, 3.8) is 0 Å². The monoisotopic (exact) mass is 555 g/mol. The van der Waals surface area contributed by atoms with Gasteiger partial charge in [0.1, 0.15) is 33.5 Å². The molecular formula is C14H17N7O3S7. The highest BCUT2D eigenvalue weighted by molar-refractivity contribution is 8.84. The van der Waals surface area contributed by atoms with E-state index < -0.39 is 0 Å². The number of oxazole rings is 1. The standard InChI is InChI=1S/C14H17N7O3S7/c1-2-16-3-11-18-8(5-23-11)13-19-9(6-26-13)14(22)27-30-24-31-29-17-4-12-20-10(7-25-12)21-28-15/h5-7,16-17,21H,2-4,15H2,1H3. The van der Waals surface area contributed by atoms with Gasteiger partial charge in [-0.15, -0.1) is 22.7 Å². The van der Waals surface area contributed by atoms with Gasteiger partial charge in [0.25, 0.3) is 5.12 Å².